The molecule has 0 bridgehead atoms. The Morgan fingerprint density at radius 2 is 1.71 bits per heavy atom. The zero-order valence-electron chi connectivity index (χ0n) is 24.2. The molecule has 222 valence electrons. The van der Waals surface area contributed by atoms with E-state index in [0.717, 1.165) is 24.0 Å². The average molecular weight is 585 g/mol. The van der Waals surface area contributed by atoms with Crippen molar-refractivity contribution in [1.29, 1.82) is 0 Å². The topological polar surface area (TPSA) is 113 Å². The Hall–Kier alpha value is -3.00. The number of ether oxygens (including phenoxy) is 1. The molecule has 4 rings (SSSR count). The van der Waals surface area contributed by atoms with Crippen LogP contribution in [0, 0.1) is 5.92 Å². The zero-order chi connectivity index (χ0) is 29.6. The number of nitrogens with zero attached hydrogens (tertiary/aromatic N) is 2. The molecule has 0 radical (unpaired) electrons. The molecule has 2 unspecified atom stereocenters. The Bertz CT molecular complexity index is 1280. The fraction of sp³-hybridized carbons (Fsp3) is 0.516. The number of benzene rings is 2. The normalized spacial score (nSPS) is 19.3. The van der Waals surface area contributed by atoms with Crippen molar-refractivity contribution in [3.05, 3.63) is 65.7 Å². The Balaban J connectivity index is 1.64. The van der Waals surface area contributed by atoms with Crippen LogP contribution in [0.2, 0.25) is 0 Å². The van der Waals surface area contributed by atoms with E-state index in [0.29, 0.717) is 31.4 Å². The Kier molecular flexibility index (Phi) is 10.1. The van der Waals surface area contributed by atoms with E-state index in [4.69, 9.17) is 9.26 Å². The van der Waals surface area contributed by atoms with Crippen molar-refractivity contribution in [2.24, 2.45) is 5.92 Å². The number of esters is 1. The molecule has 9 nitrogen and oxygen atoms in total. The summed E-state index contributed by atoms with van der Waals surface area (Å²) in [7, 11) is -4.40. The predicted octanol–water partition coefficient (Wildman–Crippen LogP) is 5.10. The summed E-state index contributed by atoms with van der Waals surface area (Å²) in [5.41, 5.74) is 1.37. The Labute approximate surface area is 242 Å². The molecule has 1 saturated carbocycles. The maximum atomic E-state index is 14.1. The minimum absolute atomic E-state index is 0.169. The molecule has 10 heteroatoms. The lowest BCUT2D eigenvalue weighted by molar-refractivity contribution is -0.144. The predicted molar refractivity (Wildman–Crippen MR) is 156 cm³/mol. The van der Waals surface area contributed by atoms with Crippen molar-refractivity contribution < 1.29 is 33.1 Å². The van der Waals surface area contributed by atoms with Crippen LogP contribution in [0.5, 0.6) is 0 Å². The van der Waals surface area contributed by atoms with E-state index in [2.05, 4.69) is 0 Å². The standard InChI is InChI=1S/C31H41N2O7P/c1-4-39-28(34)21-32-26-17-11-10-14-24(26)18-19-27(30(32)36)33(29(35)25-15-8-9-16-25)22-41(37,38)40-31(2,3)20-23-12-6-5-7-13-23/h5-7,10-14,17,25,27H,4,8-9,15-16,18-22H2,1-3H3,(H,37,38). The maximum absolute atomic E-state index is 14.1. The van der Waals surface area contributed by atoms with E-state index in [9.17, 15) is 23.8 Å². The van der Waals surface area contributed by atoms with E-state index < -0.39 is 37.4 Å². The summed E-state index contributed by atoms with van der Waals surface area (Å²) < 4.78 is 24.7. The Morgan fingerprint density at radius 1 is 1.05 bits per heavy atom. The van der Waals surface area contributed by atoms with Gasteiger partial charge in [-0.1, -0.05) is 61.4 Å². The Morgan fingerprint density at radius 3 is 2.39 bits per heavy atom. The number of aryl methyl sites for hydroxylation is 1. The lowest BCUT2D eigenvalue weighted by atomic mass is 9.99. The van der Waals surface area contributed by atoms with Crippen molar-refractivity contribution in [3.8, 4) is 0 Å². The fourth-order valence-corrected chi connectivity index (χ4v) is 7.56. The number of rotatable bonds is 11. The highest BCUT2D eigenvalue weighted by Gasteiger charge is 2.43. The number of hydrogen-bond donors (Lipinski definition) is 1. The highest BCUT2D eigenvalue weighted by atomic mass is 31.2. The monoisotopic (exact) mass is 584 g/mol. The van der Waals surface area contributed by atoms with Gasteiger partial charge in [0, 0.05) is 18.0 Å². The summed E-state index contributed by atoms with van der Waals surface area (Å²) in [5.74, 6) is -1.69. The SMILES string of the molecule is CCOC(=O)CN1C(=O)C(N(CP(=O)(O)OC(C)(C)Cc2ccccc2)C(=O)C2CCCC2)CCc2ccccc21. The molecule has 1 N–H and O–H groups in total. The van der Waals surface area contributed by atoms with E-state index in [1.54, 1.807) is 32.9 Å². The molecular weight excluding hydrogens is 543 g/mol. The minimum atomic E-state index is -4.40. The van der Waals surface area contributed by atoms with Gasteiger partial charge in [0.2, 0.25) is 11.8 Å². The van der Waals surface area contributed by atoms with Crippen LogP contribution in [0.3, 0.4) is 0 Å². The van der Waals surface area contributed by atoms with Gasteiger partial charge < -0.3 is 19.1 Å². The molecule has 2 aliphatic rings. The number of anilines is 1. The number of carbonyl (C=O) groups is 3. The fourth-order valence-electron chi connectivity index (χ4n) is 5.94. The van der Waals surface area contributed by atoms with Gasteiger partial charge in [-0.25, -0.2) is 0 Å². The first-order chi connectivity index (χ1) is 19.5. The van der Waals surface area contributed by atoms with Crippen LogP contribution in [0.15, 0.2) is 54.6 Å². The summed E-state index contributed by atoms with van der Waals surface area (Å²) in [4.78, 5) is 54.4. The summed E-state index contributed by atoms with van der Waals surface area (Å²) in [6.07, 6.45) is 3.59. The van der Waals surface area contributed by atoms with Crippen LogP contribution in [0.25, 0.3) is 0 Å². The van der Waals surface area contributed by atoms with Crippen LogP contribution < -0.4 is 4.90 Å². The van der Waals surface area contributed by atoms with Crippen LogP contribution in [0.4, 0.5) is 5.69 Å². The van der Waals surface area contributed by atoms with Gasteiger partial charge >= 0.3 is 13.6 Å². The number of carbonyl (C=O) groups excluding carboxylic acids is 3. The second-order valence-corrected chi connectivity index (χ2v) is 13.2. The minimum Gasteiger partial charge on any atom is -0.465 e. The third-order valence-electron chi connectivity index (χ3n) is 7.67. The lowest BCUT2D eigenvalue weighted by Gasteiger charge is -2.36. The number of para-hydroxylation sites is 1. The van der Waals surface area contributed by atoms with Gasteiger partial charge in [-0.2, -0.15) is 0 Å². The van der Waals surface area contributed by atoms with Gasteiger partial charge in [-0.15, -0.1) is 0 Å². The maximum Gasteiger partial charge on any atom is 0.347 e. The molecule has 1 heterocycles. The molecule has 2 amide bonds. The van der Waals surface area contributed by atoms with Gasteiger partial charge in [0.15, 0.2) is 0 Å². The van der Waals surface area contributed by atoms with Crippen molar-refractivity contribution >= 4 is 31.1 Å². The average Bonchev–Trinajstić information content (AvgIpc) is 3.42. The van der Waals surface area contributed by atoms with Crippen molar-refractivity contribution in [2.45, 2.75) is 77.4 Å². The van der Waals surface area contributed by atoms with Gasteiger partial charge in [-0.05, 0) is 63.6 Å². The lowest BCUT2D eigenvalue weighted by Crippen LogP contribution is -2.53. The third-order valence-corrected chi connectivity index (χ3v) is 9.11. The number of amides is 2. The summed E-state index contributed by atoms with van der Waals surface area (Å²) in [5, 5.41) is 0. The van der Waals surface area contributed by atoms with Gasteiger partial charge in [0.25, 0.3) is 0 Å². The molecule has 0 aromatic heterocycles. The van der Waals surface area contributed by atoms with E-state index in [1.807, 2.05) is 42.5 Å². The smallest absolute Gasteiger partial charge is 0.347 e. The summed E-state index contributed by atoms with van der Waals surface area (Å²) in [6, 6.07) is 15.8. The molecule has 0 spiro atoms. The molecule has 2 aromatic rings. The second-order valence-electron chi connectivity index (χ2n) is 11.5. The summed E-state index contributed by atoms with van der Waals surface area (Å²) >= 11 is 0. The summed E-state index contributed by atoms with van der Waals surface area (Å²) in [6.45, 7) is 5.02. The molecule has 1 aliphatic carbocycles. The third kappa shape index (κ3) is 8.06. The van der Waals surface area contributed by atoms with Crippen molar-refractivity contribution in [1.82, 2.24) is 4.90 Å². The van der Waals surface area contributed by atoms with E-state index >= 15 is 0 Å². The van der Waals surface area contributed by atoms with Crippen molar-refractivity contribution in [2.75, 3.05) is 24.3 Å². The molecule has 2 atom stereocenters. The van der Waals surface area contributed by atoms with Crippen LogP contribution in [-0.2, 0) is 41.1 Å². The first-order valence-electron chi connectivity index (χ1n) is 14.4. The second kappa shape index (κ2) is 13.3. The first kappa shape index (κ1) is 30.9. The van der Waals surface area contributed by atoms with Crippen LogP contribution >= 0.6 is 7.60 Å². The molecule has 0 saturated heterocycles. The molecule has 1 aliphatic heterocycles. The van der Waals surface area contributed by atoms with E-state index in [1.165, 1.54) is 9.80 Å². The molecule has 1 fully saturated rings. The number of fused-ring (bicyclic) bond motifs is 1. The zero-order valence-corrected chi connectivity index (χ0v) is 25.1. The van der Waals surface area contributed by atoms with Gasteiger partial charge in [-0.3, -0.25) is 23.8 Å². The van der Waals surface area contributed by atoms with Gasteiger partial charge in [0.05, 0.1) is 12.2 Å². The quantitative estimate of drug-likeness (QED) is 0.289. The first-order valence-corrected chi connectivity index (χ1v) is 16.2. The van der Waals surface area contributed by atoms with Crippen LogP contribution in [0.1, 0.15) is 64.0 Å². The molecular formula is C31H41N2O7P. The molecule has 2 aromatic carbocycles. The highest BCUT2D eigenvalue weighted by molar-refractivity contribution is 7.52. The number of hydrogen-bond acceptors (Lipinski definition) is 6. The van der Waals surface area contributed by atoms with Crippen LogP contribution in [-0.4, -0.2) is 58.7 Å². The molecule has 41 heavy (non-hydrogen) atoms. The largest absolute Gasteiger partial charge is 0.465 e. The van der Waals surface area contributed by atoms with E-state index in [-0.39, 0.29) is 31.4 Å². The van der Waals surface area contributed by atoms with Crippen molar-refractivity contribution in [3.63, 3.8) is 0 Å². The van der Waals surface area contributed by atoms with Gasteiger partial charge in [0.1, 0.15) is 18.9 Å². The highest BCUT2D eigenvalue weighted by Crippen LogP contribution is 2.49.